The van der Waals surface area contributed by atoms with Gasteiger partial charge in [0.2, 0.25) is 11.8 Å². The van der Waals surface area contributed by atoms with Crippen LogP contribution in [0.25, 0.3) is 0 Å². The molecule has 6 rings (SSSR count). The number of carbonyl (C=O) groups excluding carboxylic acids is 5. The van der Waals surface area contributed by atoms with Crippen molar-refractivity contribution in [1.82, 2.24) is 20.4 Å². The molecule has 2 aliphatic heterocycles. The lowest BCUT2D eigenvalue weighted by molar-refractivity contribution is -0.140. The summed E-state index contributed by atoms with van der Waals surface area (Å²) in [7, 11) is 4.43. The molecule has 61 heavy (non-hydrogen) atoms. The average molecular weight is 835 g/mol. The summed E-state index contributed by atoms with van der Waals surface area (Å²) in [5, 5.41) is 5.73. The monoisotopic (exact) mass is 834 g/mol. The largest absolute Gasteiger partial charge is 0.497 e. The second-order valence-corrected chi connectivity index (χ2v) is 17.4. The number of likely N-dealkylation sites (tertiary alicyclic amines) is 2. The van der Waals surface area contributed by atoms with Crippen molar-refractivity contribution in [3.8, 4) is 5.75 Å². The summed E-state index contributed by atoms with van der Waals surface area (Å²) in [5.41, 5.74) is 5.34. The molecule has 3 aliphatic rings. The van der Waals surface area contributed by atoms with E-state index in [9.17, 15) is 24.0 Å². The molecule has 3 fully saturated rings. The molecule has 2 saturated heterocycles. The van der Waals surface area contributed by atoms with Gasteiger partial charge in [0.1, 0.15) is 17.8 Å². The molecule has 0 radical (unpaired) electrons. The van der Waals surface area contributed by atoms with Crippen LogP contribution in [0, 0.1) is 11.8 Å². The third kappa shape index (κ3) is 10.3. The second kappa shape index (κ2) is 19.8. The first-order chi connectivity index (χ1) is 29.3. The van der Waals surface area contributed by atoms with Crippen molar-refractivity contribution in [2.75, 3.05) is 34.4 Å². The van der Waals surface area contributed by atoms with Gasteiger partial charge in [0.05, 0.1) is 33.4 Å². The molecular formula is C49H62N4O8. The van der Waals surface area contributed by atoms with E-state index in [1.807, 2.05) is 64.1 Å². The molecule has 0 aromatic heterocycles. The number of hydrogen-bond donors (Lipinski definition) is 2. The second-order valence-electron chi connectivity index (χ2n) is 17.4. The fraction of sp³-hybridized carbons (Fsp3) is 0.490. The number of nitrogens with zero attached hydrogens (tertiary/aromatic N) is 2. The van der Waals surface area contributed by atoms with Crippen molar-refractivity contribution in [2.45, 2.75) is 108 Å². The minimum atomic E-state index is -0.780. The highest BCUT2D eigenvalue weighted by Crippen LogP contribution is 2.66. The van der Waals surface area contributed by atoms with E-state index >= 15 is 0 Å². The Bertz CT molecular complexity index is 1920. The van der Waals surface area contributed by atoms with E-state index in [2.05, 4.69) is 53.6 Å². The van der Waals surface area contributed by atoms with Gasteiger partial charge in [-0.25, -0.2) is 4.79 Å². The number of hydrogen-bond acceptors (Lipinski definition) is 9. The number of nitrogens with one attached hydrogen (secondary N) is 2. The number of ether oxygens (including phenoxy) is 3. The number of carbonyl (C=O) groups is 5. The van der Waals surface area contributed by atoms with Gasteiger partial charge >= 0.3 is 6.09 Å². The van der Waals surface area contributed by atoms with Gasteiger partial charge in [-0.2, -0.15) is 0 Å². The maximum Gasteiger partial charge on any atom is 0.407 e. The van der Waals surface area contributed by atoms with E-state index in [0.29, 0.717) is 31.8 Å². The van der Waals surface area contributed by atoms with E-state index in [1.165, 1.54) is 30.9 Å². The van der Waals surface area contributed by atoms with Crippen LogP contribution in [0.15, 0.2) is 85.3 Å². The summed E-state index contributed by atoms with van der Waals surface area (Å²) in [4.78, 5) is 70.0. The Labute approximate surface area is 360 Å². The molecule has 326 valence electrons. The van der Waals surface area contributed by atoms with Crippen molar-refractivity contribution < 1.29 is 38.2 Å². The average Bonchev–Trinajstić information content (AvgIpc) is 3.54. The third-order valence-electron chi connectivity index (χ3n) is 12.7. The predicted octanol–water partition coefficient (Wildman–Crippen LogP) is 6.68. The van der Waals surface area contributed by atoms with Crippen molar-refractivity contribution in [1.29, 1.82) is 0 Å². The van der Waals surface area contributed by atoms with Gasteiger partial charge in [0.25, 0.3) is 0 Å². The lowest BCUT2D eigenvalue weighted by Gasteiger charge is -2.31. The lowest BCUT2D eigenvalue weighted by atomic mass is 9.97. The third-order valence-corrected chi connectivity index (χ3v) is 12.7. The summed E-state index contributed by atoms with van der Waals surface area (Å²) in [5.74, 6) is 1.17. The van der Waals surface area contributed by atoms with Gasteiger partial charge in [-0.1, -0.05) is 88.4 Å². The van der Waals surface area contributed by atoms with E-state index in [-0.39, 0.29) is 65.8 Å². The van der Waals surface area contributed by atoms with Gasteiger partial charge in [-0.05, 0) is 102 Å². The van der Waals surface area contributed by atoms with Gasteiger partial charge < -0.3 is 34.6 Å². The zero-order valence-corrected chi connectivity index (χ0v) is 36.6. The molecule has 0 spiro atoms. The summed E-state index contributed by atoms with van der Waals surface area (Å²) in [6.07, 6.45) is 2.51. The minimum absolute atomic E-state index is 0.0180. The molecule has 12 heteroatoms. The molecule has 2 N–H and O–H groups in total. The fourth-order valence-electron chi connectivity index (χ4n) is 9.27. The normalized spacial score (nSPS) is 21.8. The number of Topliss-reactive ketones (excluding diaryl/α,β-unsaturated/α-hetero) is 2. The van der Waals surface area contributed by atoms with Crippen LogP contribution in [-0.4, -0.2) is 97.9 Å². The van der Waals surface area contributed by atoms with Crippen molar-refractivity contribution >= 4 is 29.5 Å². The Balaban J connectivity index is 1.14. The molecule has 7 atom stereocenters. The Hall–Kier alpha value is -5.65. The quantitative estimate of drug-likeness (QED) is 0.134. The molecule has 3 aromatic carbocycles. The fourth-order valence-corrected chi connectivity index (χ4v) is 9.27. The number of alkyl carbamates (subject to hydrolysis) is 1. The number of ketones is 2. The first-order valence-electron chi connectivity index (χ1n) is 21.6. The Morgan fingerprint density at radius 2 is 1.00 bits per heavy atom. The van der Waals surface area contributed by atoms with Crippen LogP contribution in [0.3, 0.4) is 0 Å². The summed E-state index contributed by atoms with van der Waals surface area (Å²) < 4.78 is 15.4. The van der Waals surface area contributed by atoms with E-state index in [1.54, 1.807) is 16.9 Å². The summed E-state index contributed by atoms with van der Waals surface area (Å²) in [6, 6.07) is 22.5. The van der Waals surface area contributed by atoms with Crippen LogP contribution in [0.1, 0.15) is 98.9 Å². The maximum absolute atomic E-state index is 13.7. The van der Waals surface area contributed by atoms with Crippen LogP contribution in [0.4, 0.5) is 4.79 Å². The van der Waals surface area contributed by atoms with Crippen LogP contribution < -0.4 is 15.4 Å². The highest BCUT2D eigenvalue weighted by atomic mass is 16.5. The van der Waals surface area contributed by atoms with Gasteiger partial charge in [-0.3, -0.25) is 19.2 Å². The highest BCUT2D eigenvalue weighted by Gasteiger charge is 2.52. The lowest BCUT2D eigenvalue weighted by Crippen LogP contribution is -2.53. The number of methoxy groups -OCH3 is 3. The standard InChI is InChI=1S/C49H62N4O8/c1-29(2)45(50-31(5)59-6)47(56)52-25-9-11-38(52)40(54)27-32-13-17-34(18-14-32)42-43(44(42)36-21-23-37(60-7)24-22-36)35-19-15-33(16-20-35)28-41(55)39-12-10-26-53(39)48(57)46(30(3)4)51-49(58)61-8/h13-24,29-30,38-39,42-46,50H,5,9-12,25-28H2,1-4,6-8H3,(H,51,58)/t38-,39-,42?,43?,44?,45-,46-/m0/s1. The molecule has 12 nitrogen and oxygen atoms in total. The molecule has 1 saturated carbocycles. The Morgan fingerprint density at radius 1 is 0.607 bits per heavy atom. The number of benzene rings is 3. The van der Waals surface area contributed by atoms with Crippen molar-refractivity contribution in [3.63, 3.8) is 0 Å². The van der Waals surface area contributed by atoms with E-state index < -0.39 is 30.3 Å². The van der Waals surface area contributed by atoms with Gasteiger partial charge in [0, 0.05) is 25.9 Å². The minimum Gasteiger partial charge on any atom is -0.497 e. The molecule has 1 aliphatic carbocycles. The van der Waals surface area contributed by atoms with Crippen LogP contribution in [-0.2, 0) is 41.5 Å². The zero-order chi connectivity index (χ0) is 44.0. The smallest absolute Gasteiger partial charge is 0.407 e. The Morgan fingerprint density at radius 3 is 1.36 bits per heavy atom. The summed E-state index contributed by atoms with van der Waals surface area (Å²) in [6.45, 7) is 12.5. The highest BCUT2D eigenvalue weighted by molar-refractivity contribution is 5.94. The molecular weight excluding hydrogens is 773 g/mol. The zero-order valence-electron chi connectivity index (χ0n) is 36.6. The van der Waals surface area contributed by atoms with Gasteiger partial charge in [-0.15, -0.1) is 0 Å². The molecule has 3 amide bonds. The van der Waals surface area contributed by atoms with E-state index in [0.717, 1.165) is 29.7 Å². The van der Waals surface area contributed by atoms with Crippen LogP contribution >= 0.6 is 0 Å². The first-order valence-corrected chi connectivity index (χ1v) is 21.6. The molecule has 3 unspecified atom stereocenters. The molecule has 2 heterocycles. The topological polar surface area (TPSA) is 144 Å². The van der Waals surface area contributed by atoms with Crippen molar-refractivity contribution in [2.24, 2.45) is 11.8 Å². The van der Waals surface area contributed by atoms with E-state index in [4.69, 9.17) is 14.2 Å². The predicted molar refractivity (Wildman–Crippen MR) is 233 cm³/mol. The molecule has 0 bridgehead atoms. The van der Waals surface area contributed by atoms with Gasteiger partial charge in [0.15, 0.2) is 17.4 Å². The SMILES string of the molecule is C=C(N[C@H](C(=O)N1CCC[C@H]1C(=O)Cc1ccc(C2C(c3ccc(CC(=O)[C@@H]4CCCN4C(=O)[C@@H](NC(=O)OC)C(C)C)cc3)C2c2ccc(OC)cc2)cc1)C(C)C)OC. The van der Waals surface area contributed by atoms with Crippen LogP contribution in [0.2, 0.25) is 0 Å². The van der Waals surface area contributed by atoms with Crippen LogP contribution in [0.5, 0.6) is 5.75 Å². The first kappa shape index (κ1) is 44.9. The molecule has 3 aromatic rings. The maximum atomic E-state index is 13.7. The number of amides is 3. The number of rotatable bonds is 18. The van der Waals surface area contributed by atoms with Crippen molar-refractivity contribution in [3.05, 3.63) is 113 Å². The summed E-state index contributed by atoms with van der Waals surface area (Å²) >= 11 is 0. The Kier molecular flexibility index (Phi) is 14.6.